The quantitative estimate of drug-likeness (QED) is 0.402. The van der Waals surface area contributed by atoms with Crippen LogP contribution in [0.15, 0.2) is 40.6 Å². The van der Waals surface area contributed by atoms with Crippen molar-refractivity contribution >= 4 is 50.1 Å². The van der Waals surface area contributed by atoms with Crippen LogP contribution in [0.3, 0.4) is 0 Å². The number of thiophene rings is 1. The van der Waals surface area contributed by atoms with Gasteiger partial charge in [0.15, 0.2) is 5.78 Å². The van der Waals surface area contributed by atoms with Crippen molar-refractivity contribution in [2.45, 2.75) is 32.1 Å². The molecule has 35 heavy (non-hydrogen) atoms. The molecule has 0 bridgehead atoms. The molecule has 0 radical (unpaired) electrons. The summed E-state index contributed by atoms with van der Waals surface area (Å²) in [5, 5.41) is 1.42. The summed E-state index contributed by atoms with van der Waals surface area (Å²) in [6.07, 6.45) is 0.141. The average molecular weight is 537 g/mol. The molecule has 0 unspecified atom stereocenters. The molecular weight excluding hydrogens is 511 g/mol. The van der Waals surface area contributed by atoms with Gasteiger partial charge >= 0.3 is 0 Å². The lowest BCUT2D eigenvalue weighted by Crippen LogP contribution is -2.37. The molecule has 1 saturated heterocycles. The van der Waals surface area contributed by atoms with E-state index in [0.29, 0.717) is 18.1 Å². The van der Waals surface area contributed by atoms with Gasteiger partial charge in [0.25, 0.3) is 10.0 Å². The summed E-state index contributed by atoms with van der Waals surface area (Å²) >= 11 is 7.13. The van der Waals surface area contributed by atoms with Crippen molar-refractivity contribution in [3.05, 3.63) is 73.7 Å². The number of anilines is 2. The van der Waals surface area contributed by atoms with Gasteiger partial charge in [0.05, 0.1) is 28.8 Å². The second-order valence-corrected chi connectivity index (χ2v) is 11.5. The number of rotatable bonds is 7. The Bertz CT molecular complexity index is 1380. The number of hydrogen-bond acceptors (Lipinski definition) is 6. The third-order valence-corrected chi connectivity index (χ3v) is 8.91. The number of ether oxygens (including phenoxy) is 1. The Morgan fingerprint density at radius 1 is 1.14 bits per heavy atom. The molecule has 2 heterocycles. The van der Waals surface area contributed by atoms with Crippen molar-refractivity contribution in [2.75, 3.05) is 35.9 Å². The van der Waals surface area contributed by atoms with E-state index < -0.39 is 15.8 Å². The summed E-state index contributed by atoms with van der Waals surface area (Å²) in [5.74, 6) is -0.827. The molecule has 186 valence electrons. The van der Waals surface area contributed by atoms with Crippen LogP contribution in [0.5, 0.6) is 0 Å². The standard InChI is InChI=1S/C25H26ClFN2O4S2/c1-15-12-16(2)24(29-7-9-33-10-8-29)17(3)19(15)14-22(30)25-21(6-11-34-25)28-35(31,32)23-5-4-18(27)13-20(23)26/h4-6,11-13,28H,7-10,14H2,1-3H3. The smallest absolute Gasteiger partial charge is 0.263 e. The number of sulfonamides is 1. The van der Waals surface area contributed by atoms with Crippen molar-refractivity contribution in [2.24, 2.45) is 0 Å². The number of hydrogen-bond donors (Lipinski definition) is 1. The monoisotopic (exact) mass is 536 g/mol. The first kappa shape index (κ1) is 25.6. The zero-order chi connectivity index (χ0) is 25.3. The van der Waals surface area contributed by atoms with Crippen molar-refractivity contribution < 1.29 is 22.3 Å². The fourth-order valence-corrected chi connectivity index (χ4v) is 6.96. The highest BCUT2D eigenvalue weighted by atomic mass is 35.5. The minimum atomic E-state index is -4.12. The van der Waals surface area contributed by atoms with E-state index in [9.17, 15) is 17.6 Å². The zero-order valence-corrected chi connectivity index (χ0v) is 22.0. The maximum atomic E-state index is 13.4. The molecule has 1 aliphatic rings. The summed E-state index contributed by atoms with van der Waals surface area (Å²) in [4.78, 5) is 15.7. The summed E-state index contributed by atoms with van der Waals surface area (Å²) in [6, 6.07) is 6.69. The van der Waals surface area contributed by atoms with Crippen molar-refractivity contribution in [1.29, 1.82) is 0 Å². The molecular formula is C25H26ClFN2O4S2. The largest absolute Gasteiger partial charge is 0.378 e. The molecule has 3 aromatic rings. The molecule has 1 aromatic heterocycles. The lowest BCUT2D eigenvalue weighted by Gasteiger charge is -2.32. The second-order valence-electron chi connectivity index (χ2n) is 8.51. The van der Waals surface area contributed by atoms with Crippen LogP contribution in [0.2, 0.25) is 5.02 Å². The van der Waals surface area contributed by atoms with Gasteiger partial charge in [0.1, 0.15) is 10.7 Å². The first-order valence-electron chi connectivity index (χ1n) is 11.1. The first-order valence-corrected chi connectivity index (χ1v) is 13.8. The molecule has 1 aliphatic heterocycles. The number of nitrogens with one attached hydrogen (secondary N) is 1. The van der Waals surface area contributed by atoms with Crippen LogP contribution >= 0.6 is 22.9 Å². The Labute approximate surface area is 213 Å². The van der Waals surface area contributed by atoms with Gasteiger partial charge in [-0.05, 0) is 72.7 Å². The average Bonchev–Trinajstić information content (AvgIpc) is 3.24. The van der Waals surface area contributed by atoms with Crippen LogP contribution in [0, 0.1) is 26.6 Å². The van der Waals surface area contributed by atoms with Crippen LogP contribution in [0.1, 0.15) is 31.9 Å². The molecule has 0 atom stereocenters. The highest BCUT2D eigenvalue weighted by Gasteiger charge is 2.25. The van der Waals surface area contributed by atoms with E-state index in [0.717, 1.165) is 59.2 Å². The number of aryl methyl sites for hydroxylation is 2. The van der Waals surface area contributed by atoms with Crippen molar-refractivity contribution in [1.82, 2.24) is 0 Å². The topological polar surface area (TPSA) is 75.7 Å². The molecule has 6 nitrogen and oxygen atoms in total. The third-order valence-electron chi connectivity index (χ3n) is 6.10. The number of ketones is 1. The highest BCUT2D eigenvalue weighted by molar-refractivity contribution is 7.92. The minimum Gasteiger partial charge on any atom is -0.378 e. The van der Waals surface area contributed by atoms with Gasteiger partial charge in [-0.2, -0.15) is 0 Å². The van der Waals surface area contributed by atoms with E-state index in [1.165, 1.54) is 11.3 Å². The Morgan fingerprint density at radius 3 is 2.54 bits per heavy atom. The normalized spacial score (nSPS) is 14.3. The number of morpholine rings is 1. The van der Waals surface area contributed by atoms with E-state index in [1.54, 1.807) is 11.4 Å². The maximum absolute atomic E-state index is 13.4. The van der Waals surface area contributed by atoms with Crippen LogP contribution in [0.4, 0.5) is 15.8 Å². The van der Waals surface area contributed by atoms with Gasteiger partial charge in [-0.15, -0.1) is 11.3 Å². The van der Waals surface area contributed by atoms with Crippen LogP contribution in [0.25, 0.3) is 0 Å². The lowest BCUT2D eigenvalue weighted by molar-refractivity contribution is 0.0997. The van der Waals surface area contributed by atoms with Crippen molar-refractivity contribution in [3.8, 4) is 0 Å². The van der Waals surface area contributed by atoms with Gasteiger partial charge in [0.2, 0.25) is 0 Å². The number of benzene rings is 2. The summed E-state index contributed by atoms with van der Waals surface area (Å²) in [5.41, 5.74) is 5.46. The third kappa shape index (κ3) is 5.38. The molecule has 1 fully saturated rings. The molecule has 2 aromatic carbocycles. The zero-order valence-electron chi connectivity index (χ0n) is 19.7. The Hall–Kier alpha value is -2.46. The fraction of sp³-hybridized carbons (Fsp3) is 0.320. The number of carbonyl (C=O) groups excluding carboxylic acids is 1. The molecule has 0 aliphatic carbocycles. The van der Waals surface area contributed by atoms with Crippen LogP contribution < -0.4 is 9.62 Å². The summed E-state index contributed by atoms with van der Waals surface area (Å²) in [7, 11) is -4.12. The highest BCUT2D eigenvalue weighted by Crippen LogP contribution is 2.34. The van der Waals surface area contributed by atoms with Gasteiger partial charge in [-0.3, -0.25) is 9.52 Å². The molecule has 0 spiro atoms. The number of halogens is 2. The van der Waals surface area contributed by atoms with Gasteiger partial charge < -0.3 is 9.64 Å². The predicted molar refractivity (Wildman–Crippen MR) is 138 cm³/mol. The molecule has 1 N–H and O–H groups in total. The lowest BCUT2D eigenvalue weighted by atomic mass is 9.92. The first-order chi connectivity index (χ1) is 16.6. The number of Topliss-reactive ketones (excluding diaryl/α,β-unsaturated/α-hetero) is 1. The van der Waals surface area contributed by atoms with Crippen LogP contribution in [-0.2, 0) is 21.2 Å². The van der Waals surface area contributed by atoms with Crippen LogP contribution in [-0.4, -0.2) is 40.5 Å². The second kappa shape index (κ2) is 10.3. The minimum absolute atomic E-state index is 0.141. The predicted octanol–water partition coefficient (Wildman–Crippen LogP) is 5.53. The van der Waals surface area contributed by atoms with E-state index in [-0.39, 0.29) is 27.8 Å². The van der Waals surface area contributed by atoms with Crippen molar-refractivity contribution in [3.63, 3.8) is 0 Å². The van der Waals surface area contributed by atoms with Gasteiger partial charge in [-0.1, -0.05) is 17.7 Å². The Morgan fingerprint density at radius 2 is 1.86 bits per heavy atom. The number of nitrogens with zero attached hydrogens (tertiary/aromatic N) is 1. The Balaban J connectivity index is 1.61. The molecule has 0 saturated carbocycles. The molecule has 0 amide bonds. The summed E-state index contributed by atoms with van der Waals surface area (Å²) in [6.45, 7) is 9.00. The van der Waals surface area contributed by atoms with E-state index in [2.05, 4.69) is 22.6 Å². The summed E-state index contributed by atoms with van der Waals surface area (Å²) < 4.78 is 47.1. The van der Waals surface area contributed by atoms with Gasteiger partial charge in [0, 0.05) is 25.2 Å². The molecule has 10 heteroatoms. The van der Waals surface area contributed by atoms with E-state index in [4.69, 9.17) is 16.3 Å². The Kier molecular flexibility index (Phi) is 7.51. The van der Waals surface area contributed by atoms with E-state index >= 15 is 0 Å². The van der Waals surface area contributed by atoms with Gasteiger partial charge in [-0.25, -0.2) is 12.8 Å². The fourth-order valence-electron chi connectivity index (χ4n) is 4.50. The van der Waals surface area contributed by atoms with E-state index in [1.807, 2.05) is 13.8 Å². The number of carbonyl (C=O) groups is 1. The maximum Gasteiger partial charge on any atom is 0.263 e. The molecule has 4 rings (SSSR count). The SMILES string of the molecule is Cc1cc(C)c(N2CCOCC2)c(C)c1CC(=O)c1sccc1NS(=O)(=O)c1ccc(F)cc1Cl.